The van der Waals surface area contributed by atoms with Gasteiger partial charge in [-0.15, -0.1) is 0 Å². The second-order valence-corrected chi connectivity index (χ2v) is 5.40. The molecule has 0 amide bonds. The molecule has 1 aromatic rings. The van der Waals surface area contributed by atoms with Crippen LogP contribution in [0.1, 0.15) is 26.7 Å². The van der Waals surface area contributed by atoms with Gasteiger partial charge in [0.05, 0.1) is 6.61 Å². The van der Waals surface area contributed by atoms with E-state index in [1.165, 1.54) is 0 Å². The van der Waals surface area contributed by atoms with Crippen molar-refractivity contribution in [3.05, 3.63) is 28.7 Å². The molecule has 2 nitrogen and oxygen atoms in total. The van der Waals surface area contributed by atoms with Gasteiger partial charge in [0.25, 0.3) is 0 Å². The van der Waals surface area contributed by atoms with Crippen LogP contribution in [0.4, 0.5) is 0 Å². The average molecular weight is 286 g/mol. The standard InChI is InChI=1S/C13H20BrNO/c1-10(2)9-12(15)7-8-16-13-5-3-11(14)4-6-13/h3-6,10,12H,7-9,15H2,1-2H3. The number of nitrogens with two attached hydrogens (primary N) is 1. The van der Waals surface area contributed by atoms with Gasteiger partial charge in [-0.2, -0.15) is 0 Å². The Labute approximate surface area is 106 Å². The molecule has 0 aromatic heterocycles. The topological polar surface area (TPSA) is 35.2 Å². The van der Waals surface area contributed by atoms with Crippen LogP contribution in [-0.2, 0) is 0 Å². The first kappa shape index (κ1) is 13.5. The Morgan fingerprint density at radius 1 is 1.25 bits per heavy atom. The zero-order valence-electron chi connectivity index (χ0n) is 9.95. The smallest absolute Gasteiger partial charge is 0.119 e. The predicted octanol–water partition coefficient (Wildman–Crippen LogP) is 3.59. The van der Waals surface area contributed by atoms with Crippen LogP contribution in [-0.4, -0.2) is 12.6 Å². The Morgan fingerprint density at radius 3 is 2.44 bits per heavy atom. The zero-order chi connectivity index (χ0) is 12.0. The summed E-state index contributed by atoms with van der Waals surface area (Å²) in [6, 6.07) is 8.11. The number of ether oxygens (including phenoxy) is 1. The summed E-state index contributed by atoms with van der Waals surface area (Å²) >= 11 is 3.39. The molecule has 3 heteroatoms. The van der Waals surface area contributed by atoms with E-state index in [9.17, 15) is 0 Å². The van der Waals surface area contributed by atoms with Crippen molar-refractivity contribution < 1.29 is 4.74 Å². The van der Waals surface area contributed by atoms with Gasteiger partial charge in [-0.25, -0.2) is 0 Å². The third-order valence-electron chi connectivity index (χ3n) is 2.35. The van der Waals surface area contributed by atoms with E-state index >= 15 is 0 Å². The van der Waals surface area contributed by atoms with Crippen molar-refractivity contribution in [1.29, 1.82) is 0 Å². The van der Waals surface area contributed by atoms with Crippen LogP contribution in [0.15, 0.2) is 28.7 Å². The van der Waals surface area contributed by atoms with E-state index in [1.54, 1.807) is 0 Å². The van der Waals surface area contributed by atoms with Gasteiger partial charge in [0, 0.05) is 10.5 Å². The van der Waals surface area contributed by atoms with Crippen molar-refractivity contribution >= 4 is 15.9 Å². The first-order valence-corrected chi connectivity index (χ1v) is 6.51. The lowest BCUT2D eigenvalue weighted by atomic mass is 10.0. The number of halogens is 1. The van der Waals surface area contributed by atoms with Crippen molar-refractivity contribution in [3.8, 4) is 5.75 Å². The molecule has 0 saturated carbocycles. The molecule has 0 spiro atoms. The van der Waals surface area contributed by atoms with Crippen LogP contribution in [0.2, 0.25) is 0 Å². The predicted molar refractivity (Wildman–Crippen MR) is 71.7 cm³/mol. The third-order valence-corrected chi connectivity index (χ3v) is 2.87. The van der Waals surface area contributed by atoms with Gasteiger partial charge in [-0.05, 0) is 43.0 Å². The molecule has 0 aliphatic heterocycles. The Bertz CT molecular complexity index is 297. The second kappa shape index (κ2) is 6.92. The molecule has 1 unspecified atom stereocenters. The minimum atomic E-state index is 0.246. The molecule has 0 aliphatic carbocycles. The van der Waals surface area contributed by atoms with Crippen LogP contribution in [0.3, 0.4) is 0 Å². The molecule has 0 aliphatic rings. The van der Waals surface area contributed by atoms with E-state index in [2.05, 4.69) is 29.8 Å². The van der Waals surface area contributed by atoms with Gasteiger partial charge in [-0.3, -0.25) is 0 Å². The molecule has 1 aromatic carbocycles. The zero-order valence-corrected chi connectivity index (χ0v) is 11.5. The van der Waals surface area contributed by atoms with Gasteiger partial charge in [-0.1, -0.05) is 29.8 Å². The Kier molecular flexibility index (Phi) is 5.85. The lowest BCUT2D eigenvalue weighted by molar-refractivity contribution is 0.288. The third kappa shape index (κ3) is 5.52. The van der Waals surface area contributed by atoms with E-state index in [4.69, 9.17) is 10.5 Å². The molecule has 16 heavy (non-hydrogen) atoms. The molecular formula is C13H20BrNO. The summed E-state index contributed by atoms with van der Waals surface area (Å²) in [6.45, 7) is 5.07. The molecule has 1 rings (SSSR count). The molecule has 0 bridgehead atoms. The molecule has 90 valence electrons. The highest BCUT2D eigenvalue weighted by Crippen LogP contribution is 2.16. The molecule has 2 N–H and O–H groups in total. The maximum Gasteiger partial charge on any atom is 0.119 e. The summed E-state index contributed by atoms with van der Waals surface area (Å²) in [6.07, 6.45) is 1.97. The van der Waals surface area contributed by atoms with E-state index in [-0.39, 0.29) is 6.04 Å². The van der Waals surface area contributed by atoms with Crippen LogP contribution in [0.25, 0.3) is 0 Å². The Balaban J connectivity index is 2.22. The normalized spacial score (nSPS) is 12.8. The highest BCUT2D eigenvalue weighted by Gasteiger charge is 2.05. The lowest BCUT2D eigenvalue weighted by Gasteiger charge is -2.14. The fourth-order valence-corrected chi connectivity index (χ4v) is 1.85. The highest BCUT2D eigenvalue weighted by atomic mass is 79.9. The molecular weight excluding hydrogens is 266 g/mol. The second-order valence-electron chi connectivity index (χ2n) is 4.48. The number of hydrogen-bond acceptors (Lipinski definition) is 2. The van der Waals surface area contributed by atoms with E-state index in [1.807, 2.05) is 24.3 Å². The summed E-state index contributed by atoms with van der Waals surface area (Å²) in [5.74, 6) is 1.56. The van der Waals surface area contributed by atoms with Crippen LogP contribution >= 0.6 is 15.9 Å². The summed E-state index contributed by atoms with van der Waals surface area (Å²) in [4.78, 5) is 0. The first-order valence-electron chi connectivity index (χ1n) is 5.72. The summed E-state index contributed by atoms with van der Waals surface area (Å²) in [5.41, 5.74) is 5.98. The number of benzene rings is 1. The molecule has 1 atom stereocenters. The van der Waals surface area contributed by atoms with Gasteiger partial charge in [0.1, 0.15) is 5.75 Å². The Hall–Kier alpha value is -0.540. The molecule has 0 radical (unpaired) electrons. The van der Waals surface area contributed by atoms with Crippen molar-refractivity contribution in [2.45, 2.75) is 32.7 Å². The van der Waals surface area contributed by atoms with Crippen LogP contribution in [0, 0.1) is 5.92 Å². The maximum absolute atomic E-state index is 5.98. The highest BCUT2D eigenvalue weighted by molar-refractivity contribution is 9.10. The quantitative estimate of drug-likeness (QED) is 0.867. The average Bonchev–Trinajstić information content (AvgIpc) is 2.20. The van der Waals surface area contributed by atoms with Crippen molar-refractivity contribution in [1.82, 2.24) is 0 Å². The maximum atomic E-state index is 5.98. The van der Waals surface area contributed by atoms with Crippen molar-refractivity contribution in [2.24, 2.45) is 11.7 Å². The summed E-state index contributed by atoms with van der Waals surface area (Å²) < 4.78 is 6.68. The first-order chi connectivity index (χ1) is 7.58. The van der Waals surface area contributed by atoms with Gasteiger partial charge in [0.2, 0.25) is 0 Å². The SMILES string of the molecule is CC(C)CC(N)CCOc1ccc(Br)cc1. The van der Waals surface area contributed by atoms with E-state index in [0.29, 0.717) is 12.5 Å². The number of rotatable bonds is 6. The van der Waals surface area contributed by atoms with Crippen LogP contribution < -0.4 is 10.5 Å². The van der Waals surface area contributed by atoms with Crippen molar-refractivity contribution in [2.75, 3.05) is 6.61 Å². The number of hydrogen-bond donors (Lipinski definition) is 1. The lowest BCUT2D eigenvalue weighted by Crippen LogP contribution is -2.24. The summed E-state index contributed by atoms with van der Waals surface area (Å²) in [5, 5.41) is 0. The van der Waals surface area contributed by atoms with E-state index < -0.39 is 0 Å². The molecule has 0 saturated heterocycles. The van der Waals surface area contributed by atoms with Gasteiger partial charge >= 0.3 is 0 Å². The van der Waals surface area contributed by atoms with Crippen LogP contribution in [0.5, 0.6) is 5.75 Å². The monoisotopic (exact) mass is 285 g/mol. The fourth-order valence-electron chi connectivity index (χ4n) is 1.58. The summed E-state index contributed by atoms with van der Waals surface area (Å²) in [7, 11) is 0. The van der Waals surface area contributed by atoms with Gasteiger partial charge < -0.3 is 10.5 Å². The molecule has 0 heterocycles. The van der Waals surface area contributed by atoms with Crippen molar-refractivity contribution in [3.63, 3.8) is 0 Å². The minimum absolute atomic E-state index is 0.246. The molecule has 0 fully saturated rings. The fraction of sp³-hybridized carbons (Fsp3) is 0.538. The largest absolute Gasteiger partial charge is 0.494 e. The van der Waals surface area contributed by atoms with E-state index in [0.717, 1.165) is 23.1 Å². The van der Waals surface area contributed by atoms with Gasteiger partial charge in [0.15, 0.2) is 0 Å². The Morgan fingerprint density at radius 2 is 1.88 bits per heavy atom. The minimum Gasteiger partial charge on any atom is -0.494 e.